The number of carboxylic acid groups (broad SMARTS) is 1. The molecule has 1 amide bonds. The fourth-order valence-electron chi connectivity index (χ4n) is 3.25. The molecule has 148 valence electrons. The van der Waals surface area contributed by atoms with Crippen molar-refractivity contribution in [2.45, 2.75) is 31.7 Å². The van der Waals surface area contributed by atoms with Gasteiger partial charge in [0.25, 0.3) is 0 Å². The van der Waals surface area contributed by atoms with E-state index in [9.17, 15) is 19.7 Å². The van der Waals surface area contributed by atoms with Crippen molar-refractivity contribution in [3.8, 4) is 5.75 Å². The lowest BCUT2D eigenvalue weighted by Crippen LogP contribution is -2.37. The molecular weight excluding hydrogens is 354 g/mol. The van der Waals surface area contributed by atoms with Crippen LogP contribution in [0.25, 0.3) is 0 Å². The minimum Gasteiger partial charge on any atom is -0.486 e. The number of nitro groups is 1. The van der Waals surface area contributed by atoms with Gasteiger partial charge in [0.2, 0.25) is 5.91 Å². The second-order valence-electron chi connectivity index (χ2n) is 6.60. The van der Waals surface area contributed by atoms with E-state index in [2.05, 4.69) is 0 Å². The van der Waals surface area contributed by atoms with E-state index in [-0.39, 0.29) is 43.0 Å². The molecule has 0 spiro atoms. The number of likely N-dealkylation sites (tertiary alicyclic amines) is 1. The zero-order valence-electron chi connectivity index (χ0n) is 15.4. The maximum absolute atomic E-state index is 12.4. The van der Waals surface area contributed by atoms with E-state index in [0.717, 1.165) is 19.3 Å². The molecule has 0 aromatic heterocycles. The highest BCUT2D eigenvalue weighted by Gasteiger charge is 2.24. The van der Waals surface area contributed by atoms with Gasteiger partial charge in [-0.2, -0.15) is 0 Å². The first-order chi connectivity index (χ1) is 12.9. The van der Waals surface area contributed by atoms with Crippen LogP contribution in [0.4, 0.5) is 5.69 Å². The van der Waals surface area contributed by atoms with Crippen LogP contribution in [0.2, 0.25) is 0 Å². The SMILES string of the molecule is CN(CC(=O)O)C1CCCN(C(=O)CCOc2ccccc2[N+](=O)[O-])CC1. The molecule has 1 atom stereocenters. The average Bonchev–Trinajstić information content (AvgIpc) is 2.87. The van der Waals surface area contributed by atoms with E-state index in [1.54, 1.807) is 24.1 Å². The fraction of sp³-hybridized carbons (Fsp3) is 0.556. The molecule has 1 fully saturated rings. The number of rotatable bonds is 8. The normalized spacial score (nSPS) is 17.4. The van der Waals surface area contributed by atoms with Crippen LogP contribution in [-0.4, -0.2) is 71.0 Å². The van der Waals surface area contributed by atoms with Gasteiger partial charge >= 0.3 is 11.7 Å². The smallest absolute Gasteiger partial charge is 0.317 e. The van der Waals surface area contributed by atoms with Crippen molar-refractivity contribution in [3.63, 3.8) is 0 Å². The number of carbonyl (C=O) groups is 2. The second-order valence-corrected chi connectivity index (χ2v) is 6.60. The molecule has 1 saturated heterocycles. The monoisotopic (exact) mass is 379 g/mol. The third-order valence-corrected chi connectivity index (χ3v) is 4.69. The molecule has 0 radical (unpaired) electrons. The lowest BCUT2D eigenvalue weighted by atomic mass is 10.1. The zero-order chi connectivity index (χ0) is 19.8. The van der Waals surface area contributed by atoms with Crippen molar-refractivity contribution < 1.29 is 24.4 Å². The van der Waals surface area contributed by atoms with E-state index in [4.69, 9.17) is 9.84 Å². The van der Waals surface area contributed by atoms with Crippen LogP contribution < -0.4 is 4.74 Å². The van der Waals surface area contributed by atoms with Gasteiger partial charge in [0.05, 0.1) is 24.5 Å². The number of nitro benzene ring substituents is 1. The van der Waals surface area contributed by atoms with Crippen LogP contribution in [0.15, 0.2) is 24.3 Å². The van der Waals surface area contributed by atoms with Gasteiger partial charge in [-0.1, -0.05) is 12.1 Å². The summed E-state index contributed by atoms with van der Waals surface area (Å²) in [5.74, 6) is -0.765. The summed E-state index contributed by atoms with van der Waals surface area (Å²) < 4.78 is 5.43. The van der Waals surface area contributed by atoms with Crippen molar-refractivity contribution in [2.24, 2.45) is 0 Å². The number of hydrogen-bond donors (Lipinski definition) is 1. The van der Waals surface area contributed by atoms with Crippen molar-refractivity contribution in [1.29, 1.82) is 0 Å². The van der Waals surface area contributed by atoms with E-state index in [0.29, 0.717) is 13.1 Å². The molecule has 1 heterocycles. The number of hydrogen-bond acceptors (Lipinski definition) is 6. The van der Waals surface area contributed by atoms with Crippen LogP contribution in [0.3, 0.4) is 0 Å². The average molecular weight is 379 g/mol. The number of likely N-dealkylation sites (N-methyl/N-ethyl adjacent to an activating group) is 1. The Kier molecular flexibility index (Phi) is 7.54. The first-order valence-corrected chi connectivity index (χ1v) is 8.94. The standard InChI is InChI=1S/C18H25N3O6/c1-19(13-18(23)24)14-5-4-10-20(11-8-14)17(22)9-12-27-16-7-3-2-6-15(16)21(25)26/h2-3,6-7,14H,4-5,8-13H2,1H3,(H,23,24). The summed E-state index contributed by atoms with van der Waals surface area (Å²) in [5, 5.41) is 19.9. The van der Waals surface area contributed by atoms with E-state index >= 15 is 0 Å². The summed E-state index contributed by atoms with van der Waals surface area (Å²) >= 11 is 0. The molecule has 1 aliphatic rings. The van der Waals surface area contributed by atoms with Crippen LogP contribution in [-0.2, 0) is 9.59 Å². The van der Waals surface area contributed by atoms with Gasteiger partial charge < -0.3 is 14.7 Å². The van der Waals surface area contributed by atoms with Gasteiger partial charge in [-0.05, 0) is 32.4 Å². The molecule has 9 nitrogen and oxygen atoms in total. The highest BCUT2D eigenvalue weighted by molar-refractivity contribution is 5.76. The van der Waals surface area contributed by atoms with Crippen LogP contribution in [0, 0.1) is 10.1 Å². The number of para-hydroxylation sites is 2. The third kappa shape index (κ3) is 6.21. The Morgan fingerprint density at radius 3 is 2.78 bits per heavy atom. The number of carboxylic acids is 1. The van der Waals surface area contributed by atoms with Gasteiger partial charge in [0.1, 0.15) is 0 Å². The quantitative estimate of drug-likeness (QED) is 0.541. The van der Waals surface area contributed by atoms with Gasteiger partial charge in [0, 0.05) is 25.2 Å². The molecule has 0 bridgehead atoms. The molecule has 1 aliphatic heterocycles. The summed E-state index contributed by atoms with van der Waals surface area (Å²) in [6, 6.07) is 6.22. The number of carbonyl (C=O) groups excluding carboxylic acids is 1. The molecule has 2 rings (SSSR count). The van der Waals surface area contributed by atoms with Crippen LogP contribution in [0.1, 0.15) is 25.7 Å². The predicted octanol–water partition coefficient (Wildman–Crippen LogP) is 1.76. The number of aliphatic carboxylic acids is 1. The molecule has 0 aliphatic carbocycles. The zero-order valence-corrected chi connectivity index (χ0v) is 15.4. The topological polar surface area (TPSA) is 113 Å². The Balaban J connectivity index is 1.81. The van der Waals surface area contributed by atoms with Gasteiger partial charge in [-0.15, -0.1) is 0 Å². The lowest BCUT2D eigenvalue weighted by molar-refractivity contribution is -0.385. The van der Waals surface area contributed by atoms with Crippen molar-refractivity contribution in [1.82, 2.24) is 9.80 Å². The summed E-state index contributed by atoms with van der Waals surface area (Å²) in [6.45, 7) is 1.26. The Morgan fingerprint density at radius 2 is 2.07 bits per heavy atom. The number of benzene rings is 1. The molecule has 1 aromatic rings. The van der Waals surface area contributed by atoms with E-state index < -0.39 is 10.9 Å². The Labute approximate surface area is 157 Å². The first kappa shape index (κ1) is 20.6. The van der Waals surface area contributed by atoms with E-state index in [1.807, 2.05) is 4.90 Å². The molecular formula is C18H25N3O6. The maximum Gasteiger partial charge on any atom is 0.317 e. The predicted molar refractivity (Wildman–Crippen MR) is 97.7 cm³/mol. The van der Waals surface area contributed by atoms with Crippen molar-refractivity contribution in [2.75, 3.05) is 33.3 Å². The summed E-state index contributed by atoms with van der Waals surface area (Å²) in [6.07, 6.45) is 2.52. The summed E-state index contributed by atoms with van der Waals surface area (Å²) in [7, 11) is 1.79. The maximum atomic E-state index is 12.4. The minimum atomic E-state index is -0.859. The number of ether oxygens (including phenoxy) is 1. The van der Waals surface area contributed by atoms with Gasteiger partial charge in [0.15, 0.2) is 5.75 Å². The summed E-state index contributed by atoms with van der Waals surface area (Å²) in [4.78, 5) is 37.3. The molecule has 1 aromatic carbocycles. The third-order valence-electron chi connectivity index (χ3n) is 4.69. The van der Waals surface area contributed by atoms with Crippen molar-refractivity contribution in [3.05, 3.63) is 34.4 Å². The Bertz CT molecular complexity index is 681. The number of nitrogens with zero attached hydrogens (tertiary/aromatic N) is 3. The molecule has 9 heteroatoms. The number of amides is 1. The Hall–Kier alpha value is -2.68. The second kappa shape index (κ2) is 9.86. The minimum absolute atomic E-state index is 0.0116. The molecule has 1 unspecified atom stereocenters. The lowest BCUT2D eigenvalue weighted by Gasteiger charge is -2.25. The van der Waals surface area contributed by atoms with Gasteiger partial charge in [-0.3, -0.25) is 24.6 Å². The largest absolute Gasteiger partial charge is 0.486 e. The highest BCUT2D eigenvalue weighted by atomic mass is 16.6. The molecule has 27 heavy (non-hydrogen) atoms. The van der Waals surface area contributed by atoms with Crippen LogP contribution in [0.5, 0.6) is 5.75 Å². The van der Waals surface area contributed by atoms with E-state index in [1.165, 1.54) is 12.1 Å². The highest BCUT2D eigenvalue weighted by Crippen LogP contribution is 2.26. The van der Waals surface area contributed by atoms with Gasteiger partial charge in [-0.25, -0.2) is 0 Å². The van der Waals surface area contributed by atoms with Crippen molar-refractivity contribution >= 4 is 17.6 Å². The Morgan fingerprint density at radius 1 is 1.33 bits per heavy atom. The molecule has 1 N–H and O–H groups in total. The van der Waals surface area contributed by atoms with Crippen LogP contribution >= 0.6 is 0 Å². The molecule has 0 saturated carbocycles. The first-order valence-electron chi connectivity index (χ1n) is 8.94. The summed E-state index contributed by atoms with van der Waals surface area (Å²) in [5.41, 5.74) is -0.121. The fourth-order valence-corrected chi connectivity index (χ4v) is 3.25.